The molecule has 0 aliphatic carbocycles. The molecule has 0 bridgehead atoms. The number of carbonyl (C=O) groups excluding carboxylic acids is 1. The van der Waals surface area contributed by atoms with Crippen LogP contribution in [-0.2, 0) is 16.1 Å². The minimum absolute atomic E-state index is 0.00246. The number of methoxy groups -OCH3 is 2. The third-order valence-electron chi connectivity index (χ3n) is 3.13. The molecule has 0 aliphatic heterocycles. The fourth-order valence-electron chi connectivity index (χ4n) is 1.93. The van der Waals surface area contributed by atoms with E-state index < -0.39 is 18.4 Å². The number of para-hydroxylation sites is 1. The molecule has 0 atom stereocenters. The van der Waals surface area contributed by atoms with Gasteiger partial charge in [0.25, 0.3) is 0 Å². The van der Waals surface area contributed by atoms with Crippen LogP contribution in [0.5, 0.6) is 17.2 Å². The molecule has 0 N–H and O–H groups in total. The van der Waals surface area contributed by atoms with Crippen molar-refractivity contribution in [2.75, 3.05) is 20.8 Å². The lowest BCUT2D eigenvalue weighted by Gasteiger charge is -2.13. The number of carbonyl (C=O) groups is 1. The highest BCUT2D eigenvalue weighted by Gasteiger charge is 2.13. The van der Waals surface area contributed by atoms with E-state index in [1.807, 2.05) is 0 Å². The van der Waals surface area contributed by atoms with Crippen LogP contribution in [0.15, 0.2) is 40.9 Å². The van der Waals surface area contributed by atoms with Gasteiger partial charge in [-0.15, -0.1) is 0 Å². The third kappa shape index (κ3) is 4.61. The van der Waals surface area contributed by atoms with Crippen LogP contribution in [-0.4, -0.2) is 26.8 Å². The lowest BCUT2D eigenvalue weighted by Crippen LogP contribution is -2.15. The molecule has 0 heterocycles. The molecule has 0 amide bonds. The maximum absolute atomic E-state index is 13.4. The molecule has 5 nitrogen and oxygen atoms in total. The van der Waals surface area contributed by atoms with E-state index in [2.05, 4.69) is 15.9 Å². The standard InChI is InChI=1S/C17H16BrFO5/c1-21-15-8-12(18)16(22-2)7-11(15)9-24-17(20)10-23-14-6-4-3-5-13(14)19/h3-8H,9-10H2,1-2H3. The first kappa shape index (κ1) is 18.1. The fourth-order valence-corrected chi connectivity index (χ4v) is 2.42. The highest BCUT2D eigenvalue weighted by Crippen LogP contribution is 2.33. The second-order valence-corrected chi connectivity index (χ2v) is 5.53. The number of rotatable bonds is 7. The summed E-state index contributed by atoms with van der Waals surface area (Å²) in [5.74, 6) is -0.0286. The van der Waals surface area contributed by atoms with Gasteiger partial charge >= 0.3 is 5.97 Å². The summed E-state index contributed by atoms with van der Waals surface area (Å²) in [4.78, 5) is 11.8. The van der Waals surface area contributed by atoms with Crippen LogP contribution in [0.1, 0.15) is 5.56 Å². The Morgan fingerprint density at radius 3 is 2.46 bits per heavy atom. The summed E-state index contributed by atoms with van der Waals surface area (Å²) in [7, 11) is 3.05. The fraction of sp³-hybridized carbons (Fsp3) is 0.235. The average Bonchev–Trinajstić information content (AvgIpc) is 2.59. The van der Waals surface area contributed by atoms with Crippen molar-refractivity contribution in [2.45, 2.75) is 6.61 Å². The first-order valence-corrected chi connectivity index (χ1v) is 7.77. The molecule has 0 spiro atoms. The van der Waals surface area contributed by atoms with Crippen molar-refractivity contribution in [1.82, 2.24) is 0 Å². The SMILES string of the molecule is COc1cc(COC(=O)COc2ccccc2F)c(OC)cc1Br. The lowest BCUT2D eigenvalue weighted by molar-refractivity contribution is -0.147. The van der Waals surface area contributed by atoms with Crippen molar-refractivity contribution in [3.05, 3.63) is 52.3 Å². The molecular formula is C17H16BrFO5. The normalized spacial score (nSPS) is 10.2. The van der Waals surface area contributed by atoms with Gasteiger partial charge in [-0.3, -0.25) is 0 Å². The van der Waals surface area contributed by atoms with E-state index in [1.54, 1.807) is 18.2 Å². The molecule has 0 saturated heterocycles. The van der Waals surface area contributed by atoms with E-state index in [-0.39, 0.29) is 12.4 Å². The number of halogens is 2. The molecule has 0 unspecified atom stereocenters. The van der Waals surface area contributed by atoms with Crippen LogP contribution in [0.25, 0.3) is 0 Å². The number of benzene rings is 2. The first-order chi connectivity index (χ1) is 11.5. The van der Waals surface area contributed by atoms with E-state index in [0.717, 1.165) is 4.47 Å². The highest BCUT2D eigenvalue weighted by molar-refractivity contribution is 9.10. The summed E-state index contributed by atoms with van der Waals surface area (Å²) in [5.41, 5.74) is 0.636. The molecule has 2 rings (SSSR count). The van der Waals surface area contributed by atoms with Gasteiger partial charge in [0.1, 0.15) is 18.1 Å². The average molecular weight is 399 g/mol. The van der Waals surface area contributed by atoms with Crippen LogP contribution in [0.3, 0.4) is 0 Å². The van der Waals surface area contributed by atoms with E-state index in [0.29, 0.717) is 17.1 Å². The van der Waals surface area contributed by atoms with Crippen LogP contribution in [0.2, 0.25) is 0 Å². The molecule has 0 fully saturated rings. The van der Waals surface area contributed by atoms with E-state index >= 15 is 0 Å². The van der Waals surface area contributed by atoms with Gasteiger partial charge in [-0.25, -0.2) is 9.18 Å². The second-order valence-electron chi connectivity index (χ2n) is 4.68. The Morgan fingerprint density at radius 1 is 1.08 bits per heavy atom. The molecule has 24 heavy (non-hydrogen) atoms. The van der Waals surface area contributed by atoms with Crippen LogP contribution in [0.4, 0.5) is 4.39 Å². The Morgan fingerprint density at radius 2 is 1.79 bits per heavy atom. The minimum Gasteiger partial charge on any atom is -0.496 e. The van der Waals surface area contributed by atoms with Gasteiger partial charge in [-0.1, -0.05) is 12.1 Å². The lowest BCUT2D eigenvalue weighted by atomic mass is 10.2. The number of hydrogen-bond donors (Lipinski definition) is 0. The van der Waals surface area contributed by atoms with Crippen molar-refractivity contribution in [3.8, 4) is 17.2 Å². The van der Waals surface area contributed by atoms with Crippen LogP contribution in [0, 0.1) is 5.82 Å². The Labute approximate surface area is 147 Å². The van der Waals surface area contributed by atoms with Crippen molar-refractivity contribution < 1.29 is 28.1 Å². The Bertz CT molecular complexity index is 720. The highest BCUT2D eigenvalue weighted by atomic mass is 79.9. The van der Waals surface area contributed by atoms with Gasteiger partial charge < -0.3 is 18.9 Å². The number of ether oxygens (including phenoxy) is 4. The molecule has 7 heteroatoms. The van der Waals surface area contributed by atoms with Gasteiger partial charge in [0.05, 0.1) is 18.7 Å². The molecule has 0 aliphatic rings. The van der Waals surface area contributed by atoms with E-state index in [4.69, 9.17) is 18.9 Å². The molecule has 128 valence electrons. The van der Waals surface area contributed by atoms with Crippen molar-refractivity contribution >= 4 is 21.9 Å². The summed E-state index contributed by atoms with van der Waals surface area (Å²) in [6.45, 7) is -0.414. The zero-order valence-corrected chi connectivity index (χ0v) is 14.8. The molecule has 0 radical (unpaired) electrons. The Kier molecular flexibility index (Phi) is 6.43. The van der Waals surface area contributed by atoms with Gasteiger partial charge in [0.15, 0.2) is 18.2 Å². The molecule has 0 aromatic heterocycles. The zero-order chi connectivity index (χ0) is 17.5. The molecular weight excluding hydrogens is 383 g/mol. The predicted molar refractivity (Wildman–Crippen MR) is 88.9 cm³/mol. The molecule has 0 saturated carbocycles. The topological polar surface area (TPSA) is 54.0 Å². The quantitative estimate of drug-likeness (QED) is 0.665. The minimum atomic E-state index is -0.623. The number of hydrogen-bond acceptors (Lipinski definition) is 5. The second kappa shape index (κ2) is 8.54. The molecule has 2 aromatic carbocycles. The largest absolute Gasteiger partial charge is 0.496 e. The zero-order valence-electron chi connectivity index (χ0n) is 13.2. The summed E-state index contributed by atoms with van der Waals surface area (Å²) in [6.07, 6.45) is 0. The van der Waals surface area contributed by atoms with Gasteiger partial charge in [-0.2, -0.15) is 0 Å². The summed E-state index contributed by atoms with van der Waals surface area (Å²) in [5, 5.41) is 0. The first-order valence-electron chi connectivity index (χ1n) is 6.98. The van der Waals surface area contributed by atoms with E-state index in [9.17, 15) is 9.18 Å². The summed E-state index contributed by atoms with van der Waals surface area (Å²) >= 11 is 3.35. The third-order valence-corrected chi connectivity index (χ3v) is 3.75. The van der Waals surface area contributed by atoms with E-state index in [1.165, 1.54) is 32.4 Å². The van der Waals surface area contributed by atoms with Crippen LogP contribution >= 0.6 is 15.9 Å². The smallest absolute Gasteiger partial charge is 0.344 e. The van der Waals surface area contributed by atoms with Crippen molar-refractivity contribution in [1.29, 1.82) is 0 Å². The number of esters is 1. The maximum atomic E-state index is 13.4. The van der Waals surface area contributed by atoms with Gasteiger partial charge in [0, 0.05) is 5.56 Å². The monoisotopic (exact) mass is 398 g/mol. The van der Waals surface area contributed by atoms with Crippen molar-refractivity contribution in [2.24, 2.45) is 0 Å². The summed E-state index contributed by atoms with van der Waals surface area (Å²) < 4.78 is 34.8. The molecule has 2 aromatic rings. The predicted octanol–water partition coefficient (Wildman–Crippen LogP) is 3.73. The Hall–Kier alpha value is -2.28. The van der Waals surface area contributed by atoms with Gasteiger partial charge in [-0.05, 0) is 40.2 Å². The maximum Gasteiger partial charge on any atom is 0.344 e. The Balaban J connectivity index is 1.95. The van der Waals surface area contributed by atoms with Gasteiger partial charge in [0.2, 0.25) is 0 Å². The van der Waals surface area contributed by atoms with Crippen LogP contribution < -0.4 is 14.2 Å². The van der Waals surface area contributed by atoms with Crippen molar-refractivity contribution in [3.63, 3.8) is 0 Å². The summed E-state index contributed by atoms with van der Waals surface area (Å²) in [6, 6.07) is 9.26.